The fourth-order valence-electron chi connectivity index (χ4n) is 2.19. The van der Waals surface area contributed by atoms with E-state index in [0.29, 0.717) is 13.2 Å². The molecule has 1 unspecified atom stereocenters. The van der Waals surface area contributed by atoms with Gasteiger partial charge in [0.2, 0.25) is 10.0 Å². The molecule has 6 heteroatoms. The van der Waals surface area contributed by atoms with Crippen LogP contribution in [0, 0.1) is 0 Å². The zero-order chi connectivity index (χ0) is 19.8. The van der Waals surface area contributed by atoms with Gasteiger partial charge >= 0.3 is 0 Å². The van der Waals surface area contributed by atoms with Gasteiger partial charge in [0.25, 0.3) is 0 Å². The van der Waals surface area contributed by atoms with Crippen molar-refractivity contribution in [1.82, 2.24) is 4.72 Å². The molecule has 0 radical (unpaired) electrons. The van der Waals surface area contributed by atoms with Crippen LogP contribution >= 0.6 is 0 Å². The van der Waals surface area contributed by atoms with Gasteiger partial charge < -0.3 is 9.47 Å². The zero-order valence-electron chi connectivity index (χ0n) is 17.0. The van der Waals surface area contributed by atoms with Crippen LogP contribution in [0.15, 0.2) is 24.3 Å². The quantitative estimate of drug-likeness (QED) is 0.583. The van der Waals surface area contributed by atoms with E-state index >= 15 is 0 Å². The molecule has 0 bridgehead atoms. The molecule has 0 aliphatic carbocycles. The Bertz CT molecular complexity index is 618. The van der Waals surface area contributed by atoms with Crippen LogP contribution in [-0.2, 0) is 14.8 Å². The highest BCUT2D eigenvalue weighted by Gasteiger charge is 2.17. The van der Waals surface area contributed by atoms with Crippen LogP contribution in [0.3, 0.4) is 0 Å². The highest BCUT2D eigenvalue weighted by molar-refractivity contribution is 7.90. The van der Waals surface area contributed by atoms with Gasteiger partial charge in [-0.15, -0.1) is 0 Å². The van der Waals surface area contributed by atoms with Crippen molar-refractivity contribution in [3.05, 3.63) is 29.8 Å². The summed E-state index contributed by atoms with van der Waals surface area (Å²) in [5.74, 6) is 0.938. The van der Waals surface area contributed by atoms with E-state index in [4.69, 9.17) is 9.47 Å². The van der Waals surface area contributed by atoms with Gasteiger partial charge in [0, 0.05) is 13.2 Å². The molecule has 26 heavy (non-hydrogen) atoms. The molecule has 1 N–H and O–H groups in total. The van der Waals surface area contributed by atoms with Crippen LogP contribution in [0.1, 0.15) is 65.9 Å². The molecule has 0 spiro atoms. The molecular weight excluding hydrogens is 350 g/mol. The third-order valence-electron chi connectivity index (χ3n) is 4.00. The molecular formula is C20H35NO4S. The Morgan fingerprint density at radius 3 is 2.12 bits per heavy atom. The lowest BCUT2D eigenvalue weighted by Crippen LogP contribution is -2.33. The van der Waals surface area contributed by atoms with Gasteiger partial charge in [0.05, 0.1) is 17.5 Å². The molecule has 1 aromatic carbocycles. The largest absolute Gasteiger partial charge is 0.494 e. The molecule has 0 fully saturated rings. The van der Waals surface area contributed by atoms with Crippen molar-refractivity contribution in [2.24, 2.45) is 0 Å². The molecule has 0 saturated heterocycles. The lowest BCUT2D eigenvalue weighted by Gasteiger charge is -2.19. The molecule has 0 aromatic heterocycles. The highest BCUT2D eigenvalue weighted by atomic mass is 32.2. The molecule has 5 nitrogen and oxygen atoms in total. The molecule has 1 atom stereocenters. The van der Waals surface area contributed by atoms with Gasteiger partial charge in [-0.25, -0.2) is 13.1 Å². The number of hydrogen-bond acceptors (Lipinski definition) is 4. The van der Waals surface area contributed by atoms with Crippen LogP contribution in [0.4, 0.5) is 0 Å². The lowest BCUT2D eigenvalue weighted by atomic mass is 10.0. The van der Waals surface area contributed by atoms with Crippen LogP contribution < -0.4 is 9.46 Å². The predicted molar refractivity (Wildman–Crippen MR) is 107 cm³/mol. The van der Waals surface area contributed by atoms with E-state index in [0.717, 1.165) is 30.8 Å². The maximum absolute atomic E-state index is 11.8. The minimum Gasteiger partial charge on any atom is -0.494 e. The van der Waals surface area contributed by atoms with Crippen molar-refractivity contribution in [3.8, 4) is 5.75 Å². The standard InChI is InChI=1S/C20H35NO4S/c1-16(2)26(22,23)21-15-17(3)18-9-11-19(12-10-18)24-13-7-8-14-25-20(4,5)6/h9-12,16-17,21H,7-8,13-15H2,1-6H3. The fraction of sp³-hybridized carbons (Fsp3) is 0.700. The first-order valence-corrected chi connectivity index (χ1v) is 10.9. The second kappa shape index (κ2) is 10.3. The van der Waals surface area contributed by atoms with E-state index < -0.39 is 15.3 Å². The van der Waals surface area contributed by atoms with E-state index in [1.807, 2.05) is 31.2 Å². The number of unbranched alkanes of at least 4 members (excludes halogenated alkanes) is 1. The summed E-state index contributed by atoms with van der Waals surface area (Å²) in [6, 6.07) is 7.86. The summed E-state index contributed by atoms with van der Waals surface area (Å²) < 4.78 is 37.8. The molecule has 150 valence electrons. The fourth-order valence-corrected chi connectivity index (χ4v) is 3.01. The summed E-state index contributed by atoms with van der Waals surface area (Å²) in [6.07, 6.45) is 1.92. The first kappa shape index (κ1) is 22.9. The highest BCUT2D eigenvalue weighted by Crippen LogP contribution is 2.19. The third kappa shape index (κ3) is 9.01. The summed E-state index contributed by atoms with van der Waals surface area (Å²) in [5.41, 5.74) is 0.999. The number of sulfonamides is 1. The van der Waals surface area contributed by atoms with Gasteiger partial charge in [0.1, 0.15) is 5.75 Å². The number of benzene rings is 1. The normalized spacial score (nSPS) is 13.8. The Hall–Kier alpha value is -1.11. The molecule has 0 saturated carbocycles. The van der Waals surface area contributed by atoms with Gasteiger partial charge in [0.15, 0.2) is 0 Å². The predicted octanol–water partition coefficient (Wildman–Crippen LogP) is 4.09. The van der Waals surface area contributed by atoms with Crippen LogP contribution in [0.25, 0.3) is 0 Å². The van der Waals surface area contributed by atoms with Crippen LogP contribution in [0.2, 0.25) is 0 Å². The van der Waals surface area contributed by atoms with Crippen LogP contribution in [-0.4, -0.2) is 39.0 Å². The molecule has 0 amide bonds. The summed E-state index contributed by atoms with van der Waals surface area (Å²) in [5, 5.41) is -0.417. The van der Waals surface area contributed by atoms with Gasteiger partial charge in [-0.2, -0.15) is 0 Å². The van der Waals surface area contributed by atoms with Crippen molar-refractivity contribution in [1.29, 1.82) is 0 Å². The minimum atomic E-state index is -3.22. The Morgan fingerprint density at radius 1 is 1.00 bits per heavy atom. The van der Waals surface area contributed by atoms with Crippen LogP contribution in [0.5, 0.6) is 5.75 Å². The summed E-state index contributed by atoms with van der Waals surface area (Å²) in [4.78, 5) is 0. The first-order chi connectivity index (χ1) is 12.0. The SMILES string of the molecule is CC(CNS(=O)(=O)C(C)C)c1ccc(OCCCCOC(C)(C)C)cc1. The van der Waals surface area contributed by atoms with Crippen molar-refractivity contribution in [3.63, 3.8) is 0 Å². The average molecular weight is 386 g/mol. The third-order valence-corrected chi connectivity index (χ3v) is 5.81. The van der Waals surface area contributed by atoms with E-state index in [-0.39, 0.29) is 11.5 Å². The number of hydrogen-bond donors (Lipinski definition) is 1. The molecule has 0 aliphatic heterocycles. The van der Waals surface area contributed by atoms with Crippen molar-refractivity contribution in [2.75, 3.05) is 19.8 Å². The summed E-state index contributed by atoms with van der Waals surface area (Å²) >= 11 is 0. The van der Waals surface area contributed by atoms with E-state index in [1.165, 1.54) is 0 Å². The van der Waals surface area contributed by atoms with Crippen molar-refractivity contribution >= 4 is 10.0 Å². The van der Waals surface area contributed by atoms with Gasteiger partial charge in [-0.05, 0) is 71.1 Å². The second-order valence-electron chi connectivity index (χ2n) is 7.93. The lowest BCUT2D eigenvalue weighted by molar-refractivity contribution is -0.00553. The Labute approximate surface area is 159 Å². The topological polar surface area (TPSA) is 64.6 Å². The second-order valence-corrected chi connectivity index (χ2v) is 10.3. The van der Waals surface area contributed by atoms with E-state index in [2.05, 4.69) is 25.5 Å². The summed E-state index contributed by atoms with van der Waals surface area (Å²) in [7, 11) is -3.22. The average Bonchev–Trinajstić information content (AvgIpc) is 2.55. The Balaban J connectivity index is 2.34. The maximum Gasteiger partial charge on any atom is 0.213 e. The summed E-state index contributed by atoms with van der Waals surface area (Å²) in [6.45, 7) is 13.3. The zero-order valence-corrected chi connectivity index (χ0v) is 17.9. The van der Waals surface area contributed by atoms with Gasteiger partial charge in [-0.3, -0.25) is 0 Å². The van der Waals surface area contributed by atoms with E-state index in [9.17, 15) is 8.42 Å². The Morgan fingerprint density at radius 2 is 1.58 bits per heavy atom. The Kier molecular flexibility index (Phi) is 9.07. The minimum absolute atomic E-state index is 0.0866. The molecule has 1 rings (SSSR count). The monoisotopic (exact) mass is 385 g/mol. The number of rotatable bonds is 11. The smallest absolute Gasteiger partial charge is 0.213 e. The molecule has 0 heterocycles. The maximum atomic E-state index is 11.8. The number of nitrogens with one attached hydrogen (secondary N) is 1. The van der Waals surface area contributed by atoms with Gasteiger partial charge in [-0.1, -0.05) is 19.1 Å². The number of ether oxygens (including phenoxy) is 2. The molecule has 1 aromatic rings. The van der Waals surface area contributed by atoms with Crippen molar-refractivity contribution in [2.45, 2.75) is 71.2 Å². The molecule has 0 aliphatic rings. The van der Waals surface area contributed by atoms with Crippen molar-refractivity contribution < 1.29 is 17.9 Å². The first-order valence-electron chi connectivity index (χ1n) is 9.36. The van der Waals surface area contributed by atoms with E-state index in [1.54, 1.807) is 13.8 Å².